The first kappa shape index (κ1) is 17.7. The molecule has 0 fully saturated rings. The molecule has 0 aliphatic rings. The summed E-state index contributed by atoms with van der Waals surface area (Å²) in [7, 11) is 0. The van der Waals surface area contributed by atoms with Crippen LogP contribution in [0.4, 0.5) is 0 Å². The van der Waals surface area contributed by atoms with E-state index in [1.54, 1.807) is 12.4 Å². The van der Waals surface area contributed by atoms with Crippen LogP contribution in [0.3, 0.4) is 0 Å². The van der Waals surface area contributed by atoms with Crippen molar-refractivity contribution in [2.75, 3.05) is 0 Å². The maximum Gasteiger partial charge on any atom is 0.288 e. The third-order valence-electron chi connectivity index (χ3n) is 4.65. The SMILES string of the molecule is C/C(=N\NC(=O)c1[nH]c2ccc(C)cc2c1-c1ccccc1)c1cccnc1. The highest BCUT2D eigenvalue weighted by Crippen LogP contribution is 2.33. The Kier molecular flexibility index (Phi) is 4.72. The van der Waals surface area contributed by atoms with Gasteiger partial charge in [0.25, 0.3) is 5.91 Å². The van der Waals surface area contributed by atoms with Crippen molar-refractivity contribution < 1.29 is 4.79 Å². The molecule has 2 heterocycles. The maximum atomic E-state index is 13.0. The summed E-state index contributed by atoms with van der Waals surface area (Å²) in [6.07, 6.45) is 3.42. The molecule has 4 aromatic rings. The second-order valence-electron chi connectivity index (χ2n) is 6.67. The molecule has 5 nitrogen and oxygen atoms in total. The molecule has 0 unspecified atom stereocenters. The molecule has 0 atom stereocenters. The van der Waals surface area contributed by atoms with Gasteiger partial charge in [0.1, 0.15) is 5.69 Å². The zero-order chi connectivity index (χ0) is 19.5. The second kappa shape index (κ2) is 7.48. The van der Waals surface area contributed by atoms with E-state index in [-0.39, 0.29) is 5.91 Å². The van der Waals surface area contributed by atoms with Gasteiger partial charge in [-0.2, -0.15) is 5.10 Å². The quantitative estimate of drug-likeness (QED) is 0.405. The van der Waals surface area contributed by atoms with Crippen molar-refractivity contribution in [1.82, 2.24) is 15.4 Å². The van der Waals surface area contributed by atoms with E-state index >= 15 is 0 Å². The molecule has 4 rings (SSSR count). The van der Waals surface area contributed by atoms with Gasteiger partial charge in [-0.15, -0.1) is 0 Å². The molecule has 1 amide bonds. The summed E-state index contributed by atoms with van der Waals surface area (Å²) < 4.78 is 0. The first-order valence-corrected chi connectivity index (χ1v) is 9.06. The minimum atomic E-state index is -0.282. The van der Waals surface area contributed by atoms with Crippen LogP contribution in [0, 0.1) is 6.92 Å². The Bertz CT molecular complexity index is 1160. The van der Waals surface area contributed by atoms with Gasteiger partial charge in [-0.3, -0.25) is 9.78 Å². The van der Waals surface area contributed by atoms with Crippen LogP contribution in [0.5, 0.6) is 0 Å². The predicted molar refractivity (Wildman–Crippen MR) is 112 cm³/mol. The number of aromatic nitrogens is 2. The van der Waals surface area contributed by atoms with Crippen molar-refractivity contribution in [2.24, 2.45) is 5.10 Å². The number of carbonyl (C=O) groups excluding carboxylic acids is 1. The minimum Gasteiger partial charge on any atom is -0.350 e. The number of nitrogens with one attached hydrogen (secondary N) is 2. The number of aromatic amines is 1. The van der Waals surface area contributed by atoms with Crippen LogP contribution < -0.4 is 5.43 Å². The normalized spacial score (nSPS) is 11.6. The average molecular weight is 368 g/mol. The third kappa shape index (κ3) is 3.42. The van der Waals surface area contributed by atoms with Crippen LogP contribution in [0.2, 0.25) is 0 Å². The molecule has 0 radical (unpaired) electrons. The van der Waals surface area contributed by atoms with Gasteiger partial charge >= 0.3 is 0 Å². The van der Waals surface area contributed by atoms with Crippen molar-refractivity contribution in [3.8, 4) is 11.1 Å². The fourth-order valence-corrected chi connectivity index (χ4v) is 3.21. The van der Waals surface area contributed by atoms with E-state index in [2.05, 4.69) is 26.6 Å². The summed E-state index contributed by atoms with van der Waals surface area (Å²) in [6, 6.07) is 19.8. The van der Waals surface area contributed by atoms with Crippen LogP contribution in [0.1, 0.15) is 28.5 Å². The number of pyridine rings is 1. The fourth-order valence-electron chi connectivity index (χ4n) is 3.21. The number of H-pyrrole nitrogens is 1. The highest BCUT2D eigenvalue weighted by Gasteiger charge is 2.19. The van der Waals surface area contributed by atoms with Crippen LogP contribution in [-0.4, -0.2) is 21.6 Å². The molecular formula is C23H20N4O. The summed E-state index contributed by atoms with van der Waals surface area (Å²) in [5, 5.41) is 5.27. The Balaban J connectivity index is 1.75. The van der Waals surface area contributed by atoms with Gasteiger partial charge in [0, 0.05) is 34.4 Å². The van der Waals surface area contributed by atoms with Crippen LogP contribution >= 0.6 is 0 Å². The Labute approximate surface area is 163 Å². The van der Waals surface area contributed by atoms with E-state index in [9.17, 15) is 4.79 Å². The molecule has 5 heteroatoms. The van der Waals surface area contributed by atoms with Gasteiger partial charge < -0.3 is 4.98 Å². The smallest absolute Gasteiger partial charge is 0.288 e. The van der Waals surface area contributed by atoms with Crippen LogP contribution in [0.15, 0.2) is 78.2 Å². The van der Waals surface area contributed by atoms with Crippen molar-refractivity contribution in [3.63, 3.8) is 0 Å². The van der Waals surface area contributed by atoms with Crippen molar-refractivity contribution >= 4 is 22.5 Å². The van der Waals surface area contributed by atoms with Gasteiger partial charge in [0.2, 0.25) is 0 Å². The number of nitrogens with zero attached hydrogens (tertiary/aromatic N) is 2. The van der Waals surface area contributed by atoms with Crippen LogP contribution in [-0.2, 0) is 0 Å². The Morgan fingerprint density at radius 3 is 2.64 bits per heavy atom. The van der Waals surface area contributed by atoms with Gasteiger partial charge in [-0.05, 0) is 37.6 Å². The third-order valence-corrected chi connectivity index (χ3v) is 4.65. The van der Waals surface area contributed by atoms with E-state index < -0.39 is 0 Å². The minimum absolute atomic E-state index is 0.282. The monoisotopic (exact) mass is 368 g/mol. The molecule has 28 heavy (non-hydrogen) atoms. The number of aryl methyl sites for hydroxylation is 1. The highest BCUT2D eigenvalue weighted by molar-refractivity contribution is 6.10. The largest absolute Gasteiger partial charge is 0.350 e. The lowest BCUT2D eigenvalue weighted by atomic mass is 10.0. The summed E-state index contributed by atoms with van der Waals surface area (Å²) in [4.78, 5) is 20.3. The number of hydrogen-bond acceptors (Lipinski definition) is 3. The second-order valence-corrected chi connectivity index (χ2v) is 6.67. The summed E-state index contributed by atoms with van der Waals surface area (Å²) >= 11 is 0. The molecule has 2 aromatic carbocycles. The predicted octanol–water partition coefficient (Wildman–Crippen LogP) is 4.69. The first-order valence-electron chi connectivity index (χ1n) is 9.06. The first-order chi connectivity index (χ1) is 13.6. The Hall–Kier alpha value is -3.73. The van der Waals surface area contributed by atoms with Crippen molar-refractivity contribution in [3.05, 3.63) is 89.9 Å². The number of hydrogen-bond donors (Lipinski definition) is 2. The fraction of sp³-hybridized carbons (Fsp3) is 0.0870. The number of fused-ring (bicyclic) bond motifs is 1. The molecule has 0 bridgehead atoms. The van der Waals surface area contributed by atoms with E-state index in [0.717, 1.165) is 33.2 Å². The molecule has 0 spiro atoms. The van der Waals surface area contributed by atoms with Gasteiger partial charge in [-0.25, -0.2) is 5.43 Å². The van der Waals surface area contributed by atoms with Crippen molar-refractivity contribution in [2.45, 2.75) is 13.8 Å². The zero-order valence-electron chi connectivity index (χ0n) is 15.7. The van der Waals surface area contributed by atoms with Crippen LogP contribution in [0.25, 0.3) is 22.0 Å². The lowest BCUT2D eigenvalue weighted by molar-refractivity contribution is 0.0951. The number of benzene rings is 2. The summed E-state index contributed by atoms with van der Waals surface area (Å²) in [5.74, 6) is -0.282. The lowest BCUT2D eigenvalue weighted by Crippen LogP contribution is -2.20. The van der Waals surface area contributed by atoms with Gasteiger partial charge in [-0.1, -0.05) is 48.0 Å². The standard InChI is InChI=1S/C23H20N4O/c1-15-10-11-20-19(13-15)21(17-7-4-3-5-8-17)22(25-20)23(28)27-26-16(2)18-9-6-12-24-14-18/h3-14,25H,1-2H3,(H,27,28)/b26-16+. The van der Waals surface area contributed by atoms with Crippen molar-refractivity contribution in [1.29, 1.82) is 0 Å². The number of rotatable bonds is 4. The molecule has 138 valence electrons. The number of hydrazone groups is 1. The van der Waals surface area contributed by atoms with E-state index in [1.165, 1.54) is 0 Å². The zero-order valence-corrected chi connectivity index (χ0v) is 15.7. The molecule has 0 aliphatic heterocycles. The Morgan fingerprint density at radius 1 is 1.07 bits per heavy atom. The molecule has 0 aliphatic carbocycles. The van der Waals surface area contributed by atoms with E-state index in [1.807, 2.05) is 68.4 Å². The Morgan fingerprint density at radius 2 is 1.89 bits per heavy atom. The van der Waals surface area contributed by atoms with Gasteiger partial charge in [0.05, 0.1) is 5.71 Å². The maximum absolute atomic E-state index is 13.0. The summed E-state index contributed by atoms with van der Waals surface area (Å²) in [5.41, 5.74) is 8.64. The number of carbonyl (C=O) groups is 1. The summed E-state index contributed by atoms with van der Waals surface area (Å²) in [6.45, 7) is 3.88. The molecular weight excluding hydrogens is 348 g/mol. The van der Waals surface area contributed by atoms with E-state index in [0.29, 0.717) is 11.4 Å². The average Bonchev–Trinajstić information content (AvgIpc) is 3.11. The molecule has 0 saturated heterocycles. The lowest BCUT2D eigenvalue weighted by Gasteiger charge is -2.06. The highest BCUT2D eigenvalue weighted by atomic mass is 16.2. The molecule has 2 aromatic heterocycles. The molecule has 2 N–H and O–H groups in total. The number of amides is 1. The molecule has 0 saturated carbocycles. The van der Waals surface area contributed by atoms with Gasteiger partial charge in [0.15, 0.2) is 0 Å². The topological polar surface area (TPSA) is 70.1 Å². The van der Waals surface area contributed by atoms with E-state index in [4.69, 9.17) is 0 Å².